The molecule has 4 nitrogen and oxygen atoms in total. The minimum Gasteiger partial charge on any atom is -0.385 e. The maximum atomic E-state index is 6.03. The first-order valence-corrected chi connectivity index (χ1v) is 7.79. The summed E-state index contributed by atoms with van der Waals surface area (Å²) in [6, 6.07) is 0.430. The highest BCUT2D eigenvalue weighted by Gasteiger charge is 2.30. The molecule has 0 saturated carbocycles. The van der Waals surface area contributed by atoms with Crippen LogP contribution in [0.2, 0.25) is 0 Å². The first kappa shape index (κ1) is 16.9. The highest BCUT2D eigenvalue weighted by atomic mass is 16.5. The fourth-order valence-corrected chi connectivity index (χ4v) is 2.89. The number of morpholine rings is 1. The molecule has 1 heterocycles. The Balaban J connectivity index is 2.53. The van der Waals surface area contributed by atoms with Crippen molar-refractivity contribution >= 4 is 0 Å². The standard InChI is InChI=1S/C15H32N2O2/c1-5-8-17-9-11-19-14(12-17)15(16-6-2)13(3)7-10-18-4/h13-16H,5-12H2,1-4H3. The minimum absolute atomic E-state index is 0.312. The summed E-state index contributed by atoms with van der Waals surface area (Å²) in [4.78, 5) is 2.53. The lowest BCUT2D eigenvalue weighted by Gasteiger charge is -2.39. The third-order valence-corrected chi connectivity index (χ3v) is 3.95. The van der Waals surface area contributed by atoms with Gasteiger partial charge in [0.1, 0.15) is 0 Å². The highest BCUT2D eigenvalue weighted by molar-refractivity contribution is 4.86. The fourth-order valence-electron chi connectivity index (χ4n) is 2.89. The quantitative estimate of drug-likeness (QED) is 0.693. The zero-order valence-electron chi connectivity index (χ0n) is 13.2. The summed E-state index contributed by atoms with van der Waals surface area (Å²) < 4.78 is 11.2. The molecule has 0 amide bonds. The predicted octanol–water partition coefficient (Wildman–Crippen LogP) is 1.75. The maximum absolute atomic E-state index is 6.03. The van der Waals surface area contributed by atoms with Crippen LogP contribution in [0, 0.1) is 5.92 Å². The average Bonchev–Trinajstić information content (AvgIpc) is 2.43. The minimum atomic E-state index is 0.312. The lowest BCUT2D eigenvalue weighted by molar-refractivity contribution is -0.0566. The van der Waals surface area contributed by atoms with E-state index in [9.17, 15) is 0 Å². The lowest BCUT2D eigenvalue weighted by Crippen LogP contribution is -2.54. The van der Waals surface area contributed by atoms with Crippen LogP contribution in [0.4, 0.5) is 0 Å². The second kappa shape index (κ2) is 9.70. The van der Waals surface area contributed by atoms with Crippen molar-refractivity contribution in [1.82, 2.24) is 10.2 Å². The van der Waals surface area contributed by atoms with Gasteiger partial charge in [0.15, 0.2) is 0 Å². The van der Waals surface area contributed by atoms with Gasteiger partial charge in [-0.1, -0.05) is 20.8 Å². The molecule has 3 atom stereocenters. The Morgan fingerprint density at radius 2 is 2.21 bits per heavy atom. The van der Waals surface area contributed by atoms with Crippen LogP contribution in [-0.4, -0.2) is 63.5 Å². The molecule has 1 fully saturated rings. The van der Waals surface area contributed by atoms with Gasteiger partial charge in [-0.2, -0.15) is 0 Å². The molecular formula is C15H32N2O2. The molecule has 1 saturated heterocycles. The van der Waals surface area contributed by atoms with Gasteiger partial charge in [-0.15, -0.1) is 0 Å². The van der Waals surface area contributed by atoms with Crippen molar-refractivity contribution < 1.29 is 9.47 Å². The topological polar surface area (TPSA) is 33.7 Å². The largest absolute Gasteiger partial charge is 0.385 e. The normalized spacial score (nSPS) is 24.3. The van der Waals surface area contributed by atoms with Gasteiger partial charge >= 0.3 is 0 Å². The average molecular weight is 272 g/mol. The Hall–Kier alpha value is -0.160. The molecule has 0 bridgehead atoms. The van der Waals surface area contributed by atoms with Crippen molar-refractivity contribution in [3.05, 3.63) is 0 Å². The van der Waals surface area contributed by atoms with Gasteiger partial charge in [0.2, 0.25) is 0 Å². The smallest absolute Gasteiger partial charge is 0.0857 e. The Bertz CT molecular complexity index is 224. The van der Waals surface area contributed by atoms with Crippen molar-refractivity contribution in [3.63, 3.8) is 0 Å². The zero-order chi connectivity index (χ0) is 14.1. The fraction of sp³-hybridized carbons (Fsp3) is 1.00. The van der Waals surface area contributed by atoms with E-state index in [1.807, 2.05) is 0 Å². The number of rotatable bonds is 9. The van der Waals surface area contributed by atoms with Crippen LogP contribution in [0.25, 0.3) is 0 Å². The molecule has 19 heavy (non-hydrogen) atoms. The van der Waals surface area contributed by atoms with Crippen LogP contribution in [0.15, 0.2) is 0 Å². The molecule has 0 aromatic rings. The number of ether oxygens (including phenoxy) is 2. The molecular weight excluding hydrogens is 240 g/mol. The van der Waals surface area contributed by atoms with E-state index in [1.165, 1.54) is 13.0 Å². The number of likely N-dealkylation sites (N-methyl/N-ethyl adjacent to an activating group) is 1. The van der Waals surface area contributed by atoms with Gasteiger partial charge in [0.05, 0.1) is 12.7 Å². The molecule has 0 radical (unpaired) electrons. The van der Waals surface area contributed by atoms with E-state index in [0.29, 0.717) is 18.1 Å². The Morgan fingerprint density at radius 1 is 1.42 bits per heavy atom. The SMILES string of the molecule is CCCN1CCOC(C(NCC)C(C)CCOC)C1. The van der Waals surface area contributed by atoms with Crippen LogP contribution >= 0.6 is 0 Å². The van der Waals surface area contributed by atoms with Crippen LogP contribution in [-0.2, 0) is 9.47 Å². The van der Waals surface area contributed by atoms with E-state index in [1.54, 1.807) is 7.11 Å². The van der Waals surface area contributed by atoms with Gasteiger partial charge in [-0.3, -0.25) is 4.90 Å². The van der Waals surface area contributed by atoms with Gasteiger partial charge in [-0.25, -0.2) is 0 Å². The summed E-state index contributed by atoms with van der Waals surface area (Å²) in [5, 5.41) is 3.62. The van der Waals surface area contributed by atoms with Crippen LogP contribution in [0.3, 0.4) is 0 Å². The van der Waals surface area contributed by atoms with E-state index < -0.39 is 0 Å². The third kappa shape index (κ3) is 5.78. The van der Waals surface area contributed by atoms with Crippen molar-refractivity contribution in [1.29, 1.82) is 0 Å². The van der Waals surface area contributed by atoms with Crippen LogP contribution < -0.4 is 5.32 Å². The molecule has 1 N–H and O–H groups in total. The first-order chi connectivity index (χ1) is 9.22. The second-order valence-corrected chi connectivity index (χ2v) is 5.55. The summed E-state index contributed by atoms with van der Waals surface area (Å²) >= 11 is 0. The zero-order valence-corrected chi connectivity index (χ0v) is 13.2. The Morgan fingerprint density at radius 3 is 2.84 bits per heavy atom. The number of methoxy groups -OCH3 is 1. The summed E-state index contributed by atoms with van der Waals surface area (Å²) in [7, 11) is 1.77. The molecule has 0 aliphatic carbocycles. The molecule has 114 valence electrons. The lowest BCUT2D eigenvalue weighted by atomic mass is 9.92. The van der Waals surface area contributed by atoms with Gasteiger partial charge in [-0.05, 0) is 31.8 Å². The van der Waals surface area contributed by atoms with Crippen LogP contribution in [0.1, 0.15) is 33.6 Å². The Kier molecular flexibility index (Phi) is 8.62. The highest BCUT2D eigenvalue weighted by Crippen LogP contribution is 2.18. The monoisotopic (exact) mass is 272 g/mol. The predicted molar refractivity (Wildman–Crippen MR) is 79.6 cm³/mol. The molecule has 1 rings (SSSR count). The molecule has 1 aliphatic heterocycles. The van der Waals surface area contributed by atoms with E-state index in [4.69, 9.17) is 9.47 Å². The molecule has 0 aromatic carbocycles. The summed E-state index contributed by atoms with van der Waals surface area (Å²) in [5.41, 5.74) is 0. The molecule has 4 heteroatoms. The van der Waals surface area contributed by atoms with E-state index in [-0.39, 0.29) is 0 Å². The summed E-state index contributed by atoms with van der Waals surface area (Å²) in [6.07, 6.45) is 2.62. The van der Waals surface area contributed by atoms with Gasteiger partial charge in [0, 0.05) is 32.8 Å². The van der Waals surface area contributed by atoms with Crippen molar-refractivity contribution in [2.24, 2.45) is 5.92 Å². The van der Waals surface area contributed by atoms with Crippen molar-refractivity contribution in [2.45, 2.75) is 45.8 Å². The van der Waals surface area contributed by atoms with Gasteiger partial charge < -0.3 is 14.8 Å². The van der Waals surface area contributed by atoms with Crippen LogP contribution in [0.5, 0.6) is 0 Å². The number of nitrogens with one attached hydrogen (secondary N) is 1. The van der Waals surface area contributed by atoms with E-state index in [0.717, 1.165) is 39.3 Å². The second-order valence-electron chi connectivity index (χ2n) is 5.55. The first-order valence-electron chi connectivity index (χ1n) is 7.79. The van der Waals surface area contributed by atoms with Crippen molar-refractivity contribution in [3.8, 4) is 0 Å². The van der Waals surface area contributed by atoms with E-state index >= 15 is 0 Å². The molecule has 0 aromatic heterocycles. The molecule has 1 aliphatic rings. The van der Waals surface area contributed by atoms with Gasteiger partial charge in [0.25, 0.3) is 0 Å². The number of nitrogens with zero attached hydrogens (tertiary/aromatic N) is 1. The summed E-state index contributed by atoms with van der Waals surface area (Å²) in [6.45, 7) is 12.7. The Labute approximate surface area is 118 Å². The van der Waals surface area contributed by atoms with Crippen molar-refractivity contribution in [2.75, 3.05) is 46.5 Å². The molecule has 3 unspecified atom stereocenters. The third-order valence-electron chi connectivity index (χ3n) is 3.95. The summed E-state index contributed by atoms with van der Waals surface area (Å²) in [5.74, 6) is 0.575. The molecule has 0 spiro atoms. The maximum Gasteiger partial charge on any atom is 0.0857 e. The number of hydrogen-bond acceptors (Lipinski definition) is 4. The number of hydrogen-bond donors (Lipinski definition) is 1. The van der Waals surface area contributed by atoms with E-state index in [2.05, 4.69) is 31.0 Å².